The highest BCUT2D eigenvalue weighted by Gasteiger charge is 2.50. The predicted molar refractivity (Wildman–Crippen MR) is 97.9 cm³/mol. The topological polar surface area (TPSA) is 96.5 Å². The fourth-order valence-electron chi connectivity index (χ4n) is 4.48. The summed E-state index contributed by atoms with van der Waals surface area (Å²) in [5.74, 6) is -0.726. The first-order valence-corrected chi connectivity index (χ1v) is 9.07. The van der Waals surface area contributed by atoms with E-state index in [0.29, 0.717) is 24.2 Å². The van der Waals surface area contributed by atoms with E-state index in [0.717, 1.165) is 11.3 Å². The van der Waals surface area contributed by atoms with E-state index in [4.69, 9.17) is 4.74 Å². The summed E-state index contributed by atoms with van der Waals surface area (Å²) in [5.41, 5.74) is 2.13. The molecule has 142 valence electrons. The first-order chi connectivity index (χ1) is 12.8. The van der Waals surface area contributed by atoms with Gasteiger partial charge >= 0.3 is 6.03 Å². The van der Waals surface area contributed by atoms with E-state index in [9.17, 15) is 14.4 Å². The molecule has 0 spiro atoms. The average molecular weight is 369 g/mol. The van der Waals surface area contributed by atoms with Gasteiger partial charge in [0.05, 0.1) is 13.0 Å². The molecule has 1 fully saturated rings. The minimum atomic E-state index is -0.612. The molecule has 3 aliphatic rings. The van der Waals surface area contributed by atoms with Gasteiger partial charge in [-0.25, -0.2) is 4.79 Å². The number of hydrogen-bond acceptors (Lipinski definition) is 5. The largest absolute Gasteiger partial charge is 0.497 e. The third-order valence-electron chi connectivity index (χ3n) is 5.56. The monoisotopic (exact) mass is 369 g/mol. The van der Waals surface area contributed by atoms with E-state index >= 15 is 0 Å². The van der Waals surface area contributed by atoms with Crippen LogP contribution in [-0.4, -0.2) is 31.0 Å². The Labute approximate surface area is 157 Å². The molecule has 7 heteroatoms. The Bertz CT molecular complexity index is 874. The second-order valence-electron chi connectivity index (χ2n) is 8.20. The molecule has 3 amide bonds. The van der Waals surface area contributed by atoms with Crippen LogP contribution in [0.15, 0.2) is 35.5 Å². The Balaban J connectivity index is 1.88. The normalized spacial score (nSPS) is 29.1. The van der Waals surface area contributed by atoms with Crippen molar-refractivity contribution in [1.29, 1.82) is 0 Å². The molecule has 1 aromatic carbocycles. The van der Waals surface area contributed by atoms with Crippen LogP contribution < -0.4 is 20.7 Å². The standard InChI is InChI=1S/C20H23N3O4/c1-20(2)8-12-15(13(24)9-20)14(10-5-4-6-11(7-10)27-3)16-17(21-12)22-19(26)23-18(16)25/h4-7,14,16-17,21H,8-9H2,1-3H3,(H2,22,23,25,26). The molecule has 1 aliphatic carbocycles. The van der Waals surface area contributed by atoms with E-state index in [-0.39, 0.29) is 17.1 Å². The van der Waals surface area contributed by atoms with Gasteiger partial charge in [0.25, 0.3) is 0 Å². The quantitative estimate of drug-likeness (QED) is 0.739. The van der Waals surface area contributed by atoms with Crippen molar-refractivity contribution in [2.24, 2.45) is 11.3 Å². The smallest absolute Gasteiger partial charge is 0.323 e. The zero-order valence-electron chi connectivity index (χ0n) is 15.6. The summed E-state index contributed by atoms with van der Waals surface area (Å²) >= 11 is 0. The lowest BCUT2D eigenvalue weighted by molar-refractivity contribution is -0.127. The maximum Gasteiger partial charge on any atom is 0.323 e. The van der Waals surface area contributed by atoms with Gasteiger partial charge in [-0.1, -0.05) is 26.0 Å². The third-order valence-corrected chi connectivity index (χ3v) is 5.56. The van der Waals surface area contributed by atoms with Crippen molar-refractivity contribution in [1.82, 2.24) is 16.0 Å². The number of urea groups is 1. The molecule has 7 nitrogen and oxygen atoms in total. The fraction of sp³-hybridized carbons (Fsp3) is 0.450. The maximum absolute atomic E-state index is 13.1. The number of carbonyl (C=O) groups excluding carboxylic acids is 3. The van der Waals surface area contributed by atoms with E-state index in [1.54, 1.807) is 7.11 Å². The van der Waals surface area contributed by atoms with Crippen LogP contribution in [0.3, 0.4) is 0 Å². The minimum Gasteiger partial charge on any atom is -0.497 e. The summed E-state index contributed by atoms with van der Waals surface area (Å²) in [6.07, 6.45) is 0.567. The first-order valence-electron chi connectivity index (χ1n) is 9.07. The number of hydrogen-bond donors (Lipinski definition) is 3. The number of imide groups is 1. The van der Waals surface area contributed by atoms with Crippen molar-refractivity contribution >= 4 is 17.7 Å². The zero-order chi connectivity index (χ0) is 19.3. The molecular formula is C20H23N3O4. The summed E-state index contributed by atoms with van der Waals surface area (Å²) in [7, 11) is 1.58. The van der Waals surface area contributed by atoms with Crippen LogP contribution in [0.5, 0.6) is 5.75 Å². The van der Waals surface area contributed by atoms with E-state index in [1.807, 2.05) is 24.3 Å². The van der Waals surface area contributed by atoms with Crippen LogP contribution in [0, 0.1) is 11.3 Å². The van der Waals surface area contributed by atoms with Gasteiger partial charge in [0.15, 0.2) is 5.78 Å². The van der Waals surface area contributed by atoms with Crippen LogP contribution in [0.2, 0.25) is 0 Å². The van der Waals surface area contributed by atoms with Gasteiger partial charge in [-0.15, -0.1) is 0 Å². The first kappa shape index (κ1) is 17.6. The van der Waals surface area contributed by atoms with Crippen molar-refractivity contribution in [3.05, 3.63) is 41.1 Å². The number of ketones is 1. The number of fused-ring (bicyclic) bond motifs is 1. The highest BCUT2D eigenvalue weighted by Crippen LogP contribution is 2.47. The maximum atomic E-state index is 13.1. The number of allylic oxidation sites excluding steroid dienone is 2. The molecule has 0 saturated carbocycles. The van der Waals surface area contributed by atoms with Crippen molar-refractivity contribution in [2.75, 3.05) is 7.11 Å². The number of methoxy groups -OCH3 is 1. The van der Waals surface area contributed by atoms with E-state index < -0.39 is 24.0 Å². The number of ether oxygens (including phenoxy) is 1. The third kappa shape index (κ3) is 2.97. The number of carbonyl (C=O) groups is 3. The molecule has 2 heterocycles. The number of nitrogens with one attached hydrogen (secondary N) is 3. The Morgan fingerprint density at radius 3 is 2.63 bits per heavy atom. The SMILES string of the molecule is COc1cccc(C2C3=C(CC(C)(C)CC3=O)NC3NC(=O)NC(=O)C32)c1. The Morgan fingerprint density at radius 1 is 1.11 bits per heavy atom. The molecule has 4 rings (SSSR count). The summed E-state index contributed by atoms with van der Waals surface area (Å²) in [6.45, 7) is 4.10. The lowest BCUT2D eigenvalue weighted by Crippen LogP contribution is -2.66. The van der Waals surface area contributed by atoms with E-state index in [1.165, 1.54) is 0 Å². The molecule has 3 unspecified atom stereocenters. The fourth-order valence-corrected chi connectivity index (χ4v) is 4.48. The van der Waals surface area contributed by atoms with Gasteiger partial charge in [-0.3, -0.25) is 14.9 Å². The molecule has 0 aromatic heterocycles. The van der Waals surface area contributed by atoms with Gasteiger partial charge in [-0.05, 0) is 29.5 Å². The highest BCUT2D eigenvalue weighted by atomic mass is 16.5. The van der Waals surface area contributed by atoms with Gasteiger partial charge < -0.3 is 15.4 Å². The Hall–Kier alpha value is -2.83. The second kappa shape index (κ2) is 6.11. The van der Waals surface area contributed by atoms with Crippen molar-refractivity contribution in [3.8, 4) is 5.75 Å². The summed E-state index contributed by atoms with van der Waals surface area (Å²) in [6, 6.07) is 6.91. The molecule has 1 saturated heterocycles. The van der Waals surface area contributed by atoms with Gasteiger partial charge in [0.1, 0.15) is 11.9 Å². The lowest BCUT2D eigenvalue weighted by atomic mass is 9.66. The van der Waals surface area contributed by atoms with Crippen molar-refractivity contribution < 1.29 is 19.1 Å². The average Bonchev–Trinajstić information content (AvgIpc) is 2.58. The molecule has 1 aromatic rings. The molecule has 3 atom stereocenters. The van der Waals surface area contributed by atoms with Crippen LogP contribution in [0.4, 0.5) is 4.79 Å². The molecule has 2 aliphatic heterocycles. The lowest BCUT2D eigenvalue weighted by Gasteiger charge is -2.46. The van der Waals surface area contributed by atoms with Crippen molar-refractivity contribution in [2.45, 2.75) is 38.8 Å². The minimum absolute atomic E-state index is 0.0460. The van der Waals surface area contributed by atoms with Gasteiger partial charge in [-0.2, -0.15) is 0 Å². The number of amides is 3. The predicted octanol–water partition coefficient (Wildman–Crippen LogP) is 1.81. The molecule has 3 N–H and O–H groups in total. The number of Topliss-reactive ketones (excluding diaryl/α,β-unsaturated/α-hetero) is 1. The second-order valence-corrected chi connectivity index (χ2v) is 8.20. The summed E-state index contributed by atoms with van der Waals surface area (Å²) in [5, 5.41) is 8.40. The molecular weight excluding hydrogens is 346 g/mol. The van der Waals surface area contributed by atoms with Crippen LogP contribution in [0.25, 0.3) is 0 Å². The summed E-state index contributed by atoms with van der Waals surface area (Å²) in [4.78, 5) is 37.6. The highest BCUT2D eigenvalue weighted by molar-refractivity contribution is 6.04. The molecule has 27 heavy (non-hydrogen) atoms. The van der Waals surface area contributed by atoms with Gasteiger partial charge in [0.2, 0.25) is 5.91 Å². The van der Waals surface area contributed by atoms with Crippen LogP contribution in [0.1, 0.15) is 38.2 Å². The number of rotatable bonds is 2. The summed E-state index contributed by atoms with van der Waals surface area (Å²) < 4.78 is 5.33. The Morgan fingerprint density at radius 2 is 1.89 bits per heavy atom. The van der Waals surface area contributed by atoms with Gasteiger partial charge in [0, 0.05) is 23.6 Å². The number of benzene rings is 1. The van der Waals surface area contributed by atoms with E-state index in [2.05, 4.69) is 29.8 Å². The zero-order valence-corrected chi connectivity index (χ0v) is 15.6. The Kier molecular flexibility index (Phi) is 3.98. The van der Waals surface area contributed by atoms with Crippen LogP contribution in [-0.2, 0) is 9.59 Å². The van der Waals surface area contributed by atoms with Crippen LogP contribution >= 0.6 is 0 Å². The molecule has 0 bridgehead atoms. The van der Waals surface area contributed by atoms with Crippen molar-refractivity contribution in [3.63, 3.8) is 0 Å². The molecule has 0 radical (unpaired) electrons.